The number of hydrogen-bond donors (Lipinski definition) is 0. The summed E-state index contributed by atoms with van der Waals surface area (Å²) in [6.45, 7) is 6.80. The molecule has 2 aliphatic heterocycles. The molecule has 0 aliphatic carbocycles. The van der Waals surface area contributed by atoms with Gasteiger partial charge in [0.1, 0.15) is 5.75 Å². The summed E-state index contributed by atoms with van der Waals surface area (Å²) in [6, 6.07) is 7.00. The second-order valence-electron chi connectivity index (χ2n) is 6.44. The fraction of sp³-hybridized carbons (Fsp3) is 0.529. The van der Waals surface area contributed by atoms with Crippen LogP contribution >= 0.6 is 11.3 Å². The highest BCUT2D eigenvalue weighted by Crippen LogP contribution is 2.31. The Hall–Kier alpha value is -1.86. The standard InChI is InChI=1S/C17H22N4O2S/c1-12(14-4-3-13-5-10-23-15(13)11-14)20-6-8-21(9-7-20)16-18-19(2)17(22)24-16/h3-4,11-12H,5-10H2,1-2H3. The van der Waals surface area contributed by atoms with Crippen LogP contribution in [0.5, 0.6) is 5.75 Å². The van der Waals surface area contributed by atoms with E-state index in [0.717, 1.165) is 50.1 Å². The number of piperazine rings is 1. The van der Waals surface area contributed by atoms with E-state index in [4.69, 9.17) is 4.74 Å². The van der Waals surface area contributed by atoms with Crippen LogP contribution < -0.4 is 14.5 Å². The van der Waals surface area contributed by atoms with E-state index in [0.29, 0.717) is 6.04 Å². The number of hydrogen-bond acceptors (Lipinski definition) is 6. The average molecular weight is 346 g/mol. The quantitative estimate of drug-likeness (QED) is 0.846. The molecule has 1 atom stereocenters. The van der Waals surface area contributed by atoms with Gasteiger partial charge in [-0.05, 0) is 35.5 Å². The minimum atomic E-state index is -0.000983. The van der Waals surface area contributed by atoms with E-state index in [1.54, 1.807) is 7.05 Å². The van der Waals surface area contributed by atoms with Gasteiger partial charge < -0.3 is 9.64 Å². The number of aromatic nitrogens is 2. The second kappa shape index (κ2) is 6.22. The average Bonchev–Trinajstić information content (AvgIpc) is 3.20. The maximum atomic E-state index is 11.6. The Morgan fingerprint density at radius 1 is 1.25 bits per heavy atom. The van der Waals surface area contributed by atoms with Crippen molar-refractivity contribution in [1.82, 2.24) is 14.7 Å². The van der Waals surface area contributed by atoms with Crippen LogP contribution in [0, 0.1) is 0 Å². The molecule has 0 bridgehead atoms. The zero-order chi connectivity index (χ0) is 16.7. The molecule has 128 valence electrons. The number of nitrogens with zero attached hydrogens (tertiary/aromatic N) is 4. The van der Waals surface area contributed by atoms with Crippen molar-refractivity contribution in [3.8, 4) is 5.75 Å². The number of benzene rings is 1. The van der Waals surface area contributed by atoms with Gasteiger partial charge in [-0.25, -0.2) is 4.68 Å². The molecular formula is C17H22N4O2S. The lowest BCUT2D eigenvalue weighted by molar-refractivity contribution is 0.198. The highest BCUT2D eigenvalue weighted by molar-refractivity contribution is 7.13. The minimum absolute atomic E-state index is 0.000983. The second-order valence-corrected chi connectivity index (χ2v) is 7.36. The van der Waals surface area contributed by atoms with Crippen molar-refractivity contribution in [3.05, 3.63) is 39.0 Å². The van der Waals surface area contributed by atoms with Crippen molar-refractivity contribution in [2.24, 2.45) is 7.05 Å². The first-order chi connectivity index (χ1) is 11.6. The van der Waals surface area contributed by atoms with Crippen molar-refractivity contribution in [2.45, 2.75) is 19.4 Å². The molecule has 1 aromatic heterocycles. The molecule has 6 nitrogen and oxygen atoms in total. The van der Waals surface area contributed by atoms with Crippen LogP contribution in [0.3, 0.4) is 0 Å². The van der Waals surface area contributed by atoms with Gasteiger partial charge in [0.2, 0.25) is 5.13 Å². The largest absolute Gasteiger partial charge is 0.493 e. The van der Waals surface area contributed by atoms with Gasteiger partial charge in [-0.15, -0.1) is 5.10 Å². The van der Waals surface area contributed by atoms with Crippen molar-refractivity contribution in [1.29, 1.82) is 0 Å². The molecule has 1 unspecified atom stereocenters. The maximum Gasteiger partial charge on any atom is 0.326 e. The van der Waals surface area contributed by atoms with Crippen molar-refractivity contribution < 1.29 is 4.74 Å². The van der Waals surface area contributed by atoms with Crippen LogP contribution in [-0.4, -0.2) is 47.5 Å². The smallest absolute Gasteiger partial charge is 0.326 e. The molecule has 0 saturated carbocycles. The van der Waals surface area contributed by atoms with E-state index < -0.39 is 0 Å². The third kappa shape index (κ3) is 2.82. The molecule has 0 amide bonds. The number of anilines is 1. The molecule has 7 heteroatoms. The van der Waals surface area contributed by atoms with Crippen LogP contribution in [0.25, 0.3) is 0 Å². The van der Waals surface area contributed by atoms with Crippen LogP contribution in [0.4, 0.5) is 5.13 Å². The zero-order valence-corrected chi connectivity index (χ0v) is 14.9. The van der Waals surface area contributed by atoms with E-state index in [2.05, 4.69) is 40.0 Å². The Morgan fingerprint density at radius 2 is 2.04 bits per heavy atom. The molecule has 1 aromatic carbocycles. The van der Waals surface area contributed by atoms with Gasteiger partial charge in [0.15, 0.2) is 0 Å². The van der Waals surface area contributed by atoms with Crippen LogP contribution in [-0.2, 0) is 13.5 Å². The molecule has 2 aliphatic rings. The number of rotatable bonds is 3. The maximum absolute atomic E-state index is 11.6. The third-order valence-corrected chi connectivity index (χ3v) is 5.97. The molecular weight excluding hydrogens is 324 g/mol. The van der Waals surface area contributed by atoms with Crippen molar-refractivity contribution in [2.75, 3.05) is 37.7 Å². The Morgan fingerprint density at radius 3 is 2.75 bits per heavy atom. The molecule has 0 radical (unpaired) electrons. The summed E-state index contributed by atoms with van der Waals surface area (Å²) in [4.78, 5) is 16.3. The number of fused-ring (bicyclic) bond motifs is 1. The van der Waals surface area contributed by atoms with E-state index in [1.807, 2.05) is 0 Å². The molecule has 0 spiro atoms. The highest BCUT2D eigenvalue weighted by atomic mass is 32.1. The predicted molar refractivity (Wildman–Crippen MR) is 95.2 cm³/mol. The molecule has 24 heavy (non-hydrogen) atoms. The first kappa shape index (κ1) is 15.7. The Labute approximate surface area is 145 Å². The highest BCUT2D eigenvalue weighted by Gasteiger charge is 2.25. The van der Waals surface area contributed by atoms with E-state index in [-0.39, 0.29) is 4.87 Å². The van der Waals surface area contributed by atoms with Crippen molar-refractivity contribution in [3.63, 3.8) is 0 Å². The zero-order valence-electron chi connectivity index (χ0n) is 14.1. The van der Waals surface area contributed by atoms with Gasteiger partial charge in [-0.1, -0.05) is 12.1 Å². The fourth-order valence-corrected chi connectivity index (χ4v) is 4.22. The van der Waals surface area contributed by atoms with Crippen LogP contribution in [0.2, 0.25) is 0 Å². The van der Waals surface area contributed by atoms with Crippen molar-refractivity contribution >= 4 is 16.5 Å². The normalized spacial score (nSPS) is 19.2. The minimum Gasteiger partial charge on any atom is -0.493 e. The predicted octanol–water partition coefficient (Wildman–Crippen LogP) is 1.66. The van der Waals surface area contributed by atoms with Gasteiger partial charge >= 0.3 is 4.87 Å². The summed E-state index contributed by atoms with van der Waals surface area (Å²) in [5.74, 6) is 1.05. The number of ether oxygens (including phenoxy) is 1. The summed E-state index contributed by atoms with van der Waals surface area (Å²) < 4.78 is 7.12. The molecule has 0 N–H and O–H groups in total. The Bertz CT molecular complexity index is 792. The lowest BCUT2D eigenvalue weighted by Crippen LogP contribution is -2.47. The fourth-order valence-electron chi connectivity index (χ4n) is 3.42. The van der Waals surface area contributed by atoms with Gasteiger partial charge in [0.25, 0.3) is 0 Å². The van der Waals surface area contributed by atoms with Gasteiger partial charge in [0, 0.05) is 45.7 Å². The lowest BCUT2D eigenvalue weighted by atomic mass is 10.0. The molecule has 1 saturated heterocycles. The molecule has 2 aromatic rings. The van der Waals surface area contributed by atoms with E-state index in [1.165, 1.54) is 27.1 Å². The van der Waals surface area contributed by atoms with E-state index >= 15 is 0 Å². The lowest BCUT2D eigenvalue weighted by Gasteiger charge is -2.38. The topological polar surface area (TPSA) is 50.6 Å². The summed E-state index contributed by atoms with van der Waals surface area (Å²) in [7, 11) is 1.70. The van der Waals surface area contributed by atoms with Gasteiger partial charge in [-0.2, -0.15) is 0 Å². The summed E-state index contributed by atoms with van der Waals surface area (Å²) in [5.41, 5.74) is 2.63. The van der Waals surface area contributed by atoms with Gasteiger partial charge in [0.05, 0.1) is 6.61 Å². The number of aryl methyl sites for hydroxylation is 1. The first-order valence-electron chi connectivity index (χ1n) is 8.40. The van der Waals surface area contributed by atoms with Crippen LogP contribution in [0.15, 0.2) is 23.0 Å². The molecule has 4 rings (SSSR count). The van der Waals surface area contributed by atoms with Crippen LogP contribution in [0.1, 0.15) is 24.1 Å². The SMILES string of the molecule is CC(c1ccc2c(c1)OCC2)N1CCN(c2nn(C)c(=O)s2)CC1. The Balaban J connectivity index is 1.42. The first-order valence-corrected chi connectivity index (χ1v) is 9.22. The summed E-state index contributed by atoms with van der Waals surface area (Å²) in [5, 5.41) is 5.15. The van der Waals surface area contributed by atoms with Gasteiger partial charge in [-0.3, -0.25) is 9.69 Å². The molecule has 1 fully saturated rings. The molecule has 3 heterocycles. The monoisotopic (exact) mass is 346 g/mol. The third-order valence-electron chi connectivity index (χ3n) is 5.01. The van der Waals surface area contributed by atoms with E-state index in [9.17, 15) is 4.79 Å². The summed E-state index contributed by atoms with van der Waals surface area (Å²) >= 11 is 1.23. The Kier molecular flexibility index (Phi) is 4.05. The summed E-state index contributed by atoms with van der Waals surface area (Å²) in [6.07, 6.45) is 1.02.